The van der Waals surface area contributed by atoms with Crippen LogP contribution in [-0.4, -0.2) is 0 Å². The molecule has 2 aliphatic rings. The Bertz CT molecular complexity index is 526. The summed E-state index contributed by atoms with van der Waals surface area (Å²) < 4.78 is 0. The molecule has 0 amide bonds. The lowest BCUT2D eigenvalue weighted by Gasteiger charge is -2.30. The molecule has 0 nitrogen and oxygen atoms in total. The molecule has 0 aromatic carbocycles. The molecule has 6 unspecified atom stereocenters. The molecule has 0 aliphatic heterocycles. The highest BCUT2D eigenvalue weighted by Gasteiger charge is 2.37. The van der Waals surface area contributed by atoms with Gasteiger partial charge in [-0.1, -0.05) is 111 Å². The van der Waals surface area contributed by atoms with Crippen LogP contribution in [0.15, 0.2) is 24.8 Å². The van der Waals surface area contributed by atoms with Crippen molar-refractivity contribution in [2.24, 2.45) is 40.9 Å². The third kappa shape index (κ3) is 11.1. The fourth-order valence-electron chi connectivity index (χ4n) is 5.82. The molecule has 2 rings (SSSR count). The highest BCUT2D eigenvalue weighted by atomic mass is 14.4. The van der Waals surface area contributed by atoms with Crippen molar-refractivity contribution in [2.45, 2.75) is 137 Å². The summed E-state index contributed by atoms with van der Waals surface area (Å²) in [6, 6.07) is 0. The summed E-state index contributed by atoms with van der Waals surface area (Å²) >= 11 is 0. The van der Waals surface area contributed by atoms with Crippen molar-refractivity contribution in [1.29, 1.82) is 0 Å². The van der Waals surface area contributed by atoms with Gasteiger partial charge >= 0.3 is 0 Å². The zero-order valence-corrected chi connectivity index (χ0v) is 22.7. The van der Waals surface area contributed by atoms with Gasteiger partial charge in [0.05, 0.1) is 0 Å². The van der Waals surface area contributed by atoms with E-state index in [0.29, 0.717) is 11.3 Å². The predicted molar refractivity (Wildman–Crippen MR) is 145 cm³/mol. The van der Waals surface area contributed by atoms with Gasteiger partial charge in [0.2, 0.25) is 0 Å². The zero-order chi connectivity index (χ0) is 23.4. The first-order valence-corrected chi connectivity index (χ1v) is 14.6. The molecular weight excluding hydrogens is 384 g/mol. The number of hydrogen-bond acceptors (Lipinski definition) is 0. The summed E-state index contributed by atoms with van der Waals surface area (Å²) in [6.07, 6.45) is 30.1. The summed E-state index contributed by atoms with van der Waals surface area (Å²) in [4.78, 5) is 0. The van der Waals surface area contributed by atoms with Gasteiger partial charge in [0.15, 0.2) is 0 Å². The van der Waals surface area contributed by atoms with Crippen molar-refractivity contribution in [3.05, 3.63) is 24.8 Å². The average Bonchev–Trinajstić information content (AvgIpc) is 3.69. The van der Waals surface area contributed by atoms with Crippen molar-refractivity contribution in [1.82, 2.24) is 0 Å². The van der Waals surface area contributed by atoms with E-state index < -0.39 is 0 Å². The second kappa shape index (κ2) is 14.7. The van der Waals surface area contributed by atoms with Gasteiger partial charge in [0, 0.05) is 0 Å². The molecule has 2 saturated carbocycles. The van der Waals surface area contributed by atoms with Crippen LogP contribution in [0.5, 0.6) is 0 Å². The quantitative estimate of drug-likeness (QED) is 0.130. The number of hydrogen-bond donors (Lipinski definition) is 0. The van der Waals surface area contributed by atoms with Crippen molar-refractivity contribution >= 4 is 0 Å². The summed E-state index contributed by atoms with van der Waals surface area (Å²) in [6.45, 7) is 15.8. The van der Waals surface area contributed by atoms with Gasteiger partial charge in [-0.25, -0.2) is 0 Å². The first-order valence-electron chi connectivity index (χ1n) is 14.6. The van der Waals surface area contributed by atoms with Crippen molar-refractivity contribution in [3.8, 4) is 0 Å². The van der Waals surface area contributed by atoms with Gasteiger partial charge in [-0.15, -0.1) is 6.58 Å². The minimum absolute atomic E-state index is 0.491. The van der Waals surface area contributed by atoms with Gasteiger partial charge in [0.1, 0.15) is 0 Å². The van der Waals surface area contributed by atoms with Crippen LogP contribution in [0.25, 0.3) is 0 Å². The molecule has 0 heteroatoms. The van der Waals surface area contributed by atoms with E-state index in [9.17, 15) is 0 Å². The topological polar surface area (TPSA) is 0 Å². The lowest BCUT2D eigenvalue weighted by atomic mass is 9.75. The normalized spacial score (nSPS) is 26.9. The maximum absolute atomic E-state index is 3.90. The van der Waals surface area contributed by atoms with Crippen LogP contribution in [0.2, 0.25) is 0 Å². The number of unbranched alkanes of at least 4 members (excludes halogenated alkanes) is 3. The molecule has 2 fully saturated rings. The predicted octanol–water partition coefficient (Wildman–Crippen LogP) is 10.8. The first-order chi connectivity index (χ1) is 15.4. The third-order valence-electron chi connectivity index (χ3n) is 9.45. The van der Waals surface area contributed by atoms with Crippen LogP contribution in [0.3, 0.4) is 0 Å². The molecular formula is C32H58. The lowest BCUT2D eigenvalue weighted by molar-refractivity contribution is 0.208. The smallest absolute Gasteiger partial charge is 0.0265 e. The molecule has 6 atom stereocenters. The van der Waals surface area contributed by atoms with Crippen molar-refractivity contribution in [3.63, 3.8) is 0 Å². The maximum atomic E-state index is 3.90. The van der Waals surface area contributed by atoms with Crippen LogP contribution in [0.1, 0.15) is 137 Å². The molecule has 0 radical (unpaired) electrons. The standard InChI is InChI=1S/C32H58/c1-7-26(3)18-12-11-14-20-29-25-31(29)22-16-15-21-30-24-28(30)19-13-9-10-17-23-32(5,6)27(4)8-2/h7,9-10,26-31H,1,8,11-25H2,2-6H3. The van der Waals surface area contributed by atoms with E-state index in [1.807, 2.05) is 0 Å². The van der Waals surface area contributed by atoms with E-state index in [1.54, 1.807) is 6.42 Å². The Balaban J connectivity index is 1.37. The molecule has 0 heterocycles. The largest absolute Gasteiger partial charge is 0.103 e. The highest BCUT2D eigenvalue weighted by molar-refractivity contribution is 4.91. The van der Waals surface area contributed by atoms with Crippen LogP contribution >= 0.6 is 0 Å². The molecule has 0 bridgehead atoms. The Morgan fingerprint density at radius 1 is 0.781 bits per heavy atom. The van der Waals surface area contributed by atoms with Crippen LogP contribution in [-0.2, 0) is 0 Å². The molecule has 0 N–H and O–H groups in total. The van der Waals surface area contributed by atoms with E-state index in [4.69, 9.17) is 0 Å². The SMILES string of the molecule is C=CC(C)CCCCCC1CC1CCCCC1CC1CCC=CCCC(C)(C)C(C)CC. The summed E-state index contributed by atoms with van der Waals surface area (Å²) in [5.41, 5.74) is 0.491. The summed E-state index contributed by atoms with van der Waals surface area (Å²) in [7, 11) is 0. The van der Waals surface area contributed by atoms with E-state index >= 15 is 0 Å². The Morgan fingerprint density at radius 2 is 1.31 bits per heavy atom. The molecule has 32 heavy (non-hydrogen) atoms. The van der Waals surface area contributed by atoms with Gasteiger partial charge in [-0.3, -0.25) is 0 Å². The van der Waals surface area contributed by atoms with Crippen LogP contribution in [0.4, 0.5) is 0 Å². The van der Waals surface area contributed by atoms with Crippen molar-refractivity contribution < 1.29 is 0 Å². The van der Waals surface area contributed by atoms with Crippen LogP contribution in [0, 0.1) is 40.9 Å². The third-order valence-corrected chi connectivity index (χ3v) is 9.45. The second-order valence-corrected chi connectivity index (χ2v) is 12.5. The molecule has 0 spiro atoms. The van der Waals surface area contributed by atoms with Crippen LogP contribution < -0.4 is 0 Å². The van der Waals surface area contributed by atoms with E-state index in [-0.39, 0.29) is 0 Å². The minimum atomic E-state index is 0.491. The van der Waals surface area contributed by atoms with Crippen molar-refractivity contribution in [2.75, 3.05) is 0 Å². The second-order valence-electron chi connectivity index (χ2n) is 12.5. The van der Waals surface area contributed by atoms with E-state index in [2.05, 4.69) is 59.4 Å². The Hall–Kier alpha value is -0.520. The molecule has 0 aromatic rings. The molecule has 2 aliphatic carbocycles. The fourth-order valence-corrected chi connectivity index (χ4v) is 5.82. The fraction of sp³-hybridized carbons (Fsp3) is 0.875. The minimum Gasteiger partial charge on any atom is -0.103 e. The average molecular weight is 443 g/mol. The Kier molecular flexibility index (Phi) is 12.7. The highest BCUT2D eigenvalue weighted by Crippen LogP contribution is 2.48. The summed E-state index contributed by atoms with van der Waals surface area (Å²) in [5.74, 6) is 5.89. The summed E-state index contributed by atoms with van der Waals surface area (Å²) in [5, 5.41) is 0. The molecule has 186 valence electrons. The zero-order valence-electron chi connectivity index (χ0n) is 22.7. The maximum Gasteiger partial charge on any atom is -0.0265 e. The van der Waals surface area contributed by atoms with E-state index in [0.717, 1.165) is 29.6 Å². The van der Waals surface area contributed by atoms with Gasteiger partial charge < -0.3 is 0 Å². The monoisotopic (exact) mass is 442 g/mol. The number of allylic oxidation sites excluding steroid dienone is 3. The molecule has 0 saturated heterocycles. The Labute approximate surface area is 203 Å². The Morgan fingerprint density at radius 3 is 1.88 bits per heavy atom. The van der Waals surface area contributed by atoms with Gasteiger partial charge in [-0.2, -0.15) is 0 Å². The van der Waals surface area contributed by atoms with Gasteiger partial charge in [-0.05, 0) is 85.9 Å². The first kappa shape index (κ1) is 27.7. The van der Waals surface area contributed by atoms with E-state index in [1.165, 1.54) is 96.3 Å². The number of rotatable bonds is 20. The molecule has 0 aromatic heterocycles. The van der Waals surface area contributed by atoms with Gasteiger partial charge in [0.25, 0.3) is 0 Å². The lowest BCUT2D eigenvalue weighted by Crippen LogP contribution is -2.20.